The molecule has 1 fully saturated rings. The summed E-state index contributed by atoms with van der Waals surface area (Å²) in [7, 11) is 0. The Kier molecular flexibility index (Phi) is 9.79. The van der Waals surface area contributed by atoms with Gasteiger partial charge in [-0.15, -0.1) is 0 Å². The minimum atomic E-state index is -1.22. The number of nitrogens with two attached hydrogens (primary N) is 1. The van der Waals surface area contributed by atoms with Crippen LogP contribution in [0.15, 0.2) is 85.1 Å². The average Bonchev–Trinajstić information content (AvgIpc) is 3.69. The number of nitrogens with zero attached hydrogens (tertiary/aromatic N) is 1. The lowest BCUT2D eigenvalue weighted by Crippen LogP contribution is -2.57. The number of carboxylic acid groups (broad SMARTS) is 1. The van der Waals surface area contributed by atoms with E-state index in [1.807, 2.05) is 30.3 Å². The highest BCUT2D eigenvalue weighted by Gasteiger charge is 2.38. The molecule has 11 nitrogen and oxygen atoms in total. The van der Waals surface area contributed by atoms with Gasteiger partial charge in [0, 0.05) is 36.5 Å². The molecule has 0 radical (unpaired) electrons. The number of carbonyl (C=O) groups is 4. The molecular weight excluding hydrogens is 574 g/mol. The Bertz CT molecular complexity index is 1650. The Balaban J connectivity index is 1.33. The zero-order valence-electron chi connectivity index (χ0n) is 24.7. The smallest absolute Gasteiger partial charge is 0.326 e. The molecule has 0 unspecified atom stereocenters. The van der Waals surface area contributed by atoms with Crippen LogP contribution >= 0.6 is 0 Å². The Morgan fingerprint density at radius 1 is 0.867 bits per heavy atom. The van der Waals surface area contributed by atoms with Crippen LogP contribution in [0, 0.1) is 0 Å². The summed E-state index contributed by atoms with van der Waals surface area (Å²) in [6.45, 7) is 0.345. The Labute approximate surface area is 260 Å². The number of phenolic OH excluding ortho intramolecular Hbond substituents is 1. The molecule has 0 spiro atoms. The Morgan fingerprint density at radius 2 is 1.56 bits per heavy atom. The third-order valence-electron chi connectivity index (χ3n) is 8.18. The lowest BCUT2D eigenvalue weighted by atomic mass is 10.0. The highest BCUT2D eigenvalue weighted by molar-refractivity contribution is 5.95. The first-order chi connectivity index (χ1) is 21.7. The van der Waals surface area contributed by atoms with Crippen molar-refractivity contribution in [1.82, 2.24) is 20.5 Å². The van der Waals surface area contributed by atoms with Crippen molar-refractivity contribution in [3.63, 3.8) is 0 Å². The molecule has 1 saturated heterocycles. The highest BCUT2D eigenvalue weighted by Crippen LogP contribution is 2.22. The van der Waals surface area contributed by atoms with Crippen LogP contribution in [0.3, 0.4) is 0 Å². The number of aromatic amines is 1. The number of fused-ring (bicyclic) bond motifs is 1. The summed E-state index contributed by atoms with van der Waals surface area (Å²) < 4.78 is 0. The van der Waals surface area contributed by atoms with E-state index in [1.54, 1.807) is 42.6 Å². The van der Waals surface area contributed by atoms with Crippen LogP contribution in [0.2, 0.25) is 0 Å². The number of carboxylic acids is 1. The second-order valence-corrected chi connectivity index (χ2v) is 11.4. The SMILES string of the molecule is N[C@@H](Cc1ccc(O)cc1)C(=O)N1CCC[C@H]1C(=O)N[C@@H](Cc1c[nH]c2ccccc12)C(=O)N[C@@H](Cc1ccccc1)C(=O)O. The number of benzene rings is 3. The third-order valence-corrected chi connectivity index (χ3v) is 8.18. The fourth-order valence-corrected chi connectivity index (χ4v) is 5.81. The molecular formula is C34H37N5O6. The molecule has 4 atom stereocenters. The van der Waals surface area contributed by atoms with Crippen LogP contribution in [0.4, 0.5) is 0 Å². The molecule has 3 aromatic carbocycles. The normalized spacial score (nSPS) is 16.6. The standard InChI is InChI=1S/C34H37N5O6/c35-26(17-22-12-14-24(40)15-13-22)33(43)39-16-6-11-30(39)32(42)37-28(19-23-20-36-27-10-5-4-9-25(23)27)31(41)38-29(34(44)45)18-21-7-2-1-3-8-21/h1-5,7-10,12-15,20,26,28-30,36,40H,6,11,16-19,35H2,(H,37,42)(H,38,41)(H,44,45)/t26-,28-,29-,30-/m0/s1. The predicted molar refractivity (Wildman–Crippen MR) is 168 cm³/mol. The van der Waals surface area contributed by atoms with Gasteiger partial charge < -0.3 is 36.5 Å². The number of para-hydroxylation sites is 1. The fourth-order valence-electron chi connectivity index (χ4n) is 5.81. The van der Waals surface area contributed by atoms with E-state index in [1.165, 1.54) is 17.0 Å². The van der Waals surface area contributed by atoms with Crippen LogP contribution in [0.5, 0.6) is 5.75 Å². The van der Waals surface area contributed by atoms with Gasteiger partial charge in [0.25, 0.3) is 0 Å². The van der Waals surface area contributed by atoms with Crippen molar-refractivity contribution in [2.24, 2.45) is 5.73 Å². The second kappa shape index (κ2) is 14.1. The van der Waals surface area contributed by atoms with Crippen molar-refractivity contribution in [3.05, 3.63) is 102 Å². The quantitative estimate of drug-likeness (QED) is 0.142. The molecule has 11 heteroatoms. The summed E-state index contributed by atoms with van der Waals surface area (Å²) in [6, 6.07) is 18.9. The van der Waals surface area contributed by atoms with Crippen molar-refractivity contribution < 1.29 is 29.4 Å². The maximum absolute atomic E-state index is 13.7. The summed E-state index contributed by atoms with van der Waals surface area (Å²) in [5.41, 5.74) is 9.41. The van der Waals surface area contributed by atoms with E-state index in [0.717, 1.165) is 27.6 Å². The minimum absolute atomic E-state index is 0.0689. The summed E-state index contributed by atoms with van der Waals surface area (Å²) >= 11 is 0. The number of nitrogens with one attached hydrogen (secondary N) is 3. The topological polar surface area (TPSA) is 178 Å². The Morgan fingerprint density at radius 3 is 2.29 bits per heavy atom. The van der Waals surface area contributed by atoms with Gasteiger partial charge in [-0.3, -0.25) is 14.4 Å². The first-order valence-corrected chi connectivity index (χ1v) is 15.0. The second-order valence-electron chi connectivity index (χ2n) is 11.4. The van der Waals surface area contributed by atoms with Crippen LogP contribution in [0.25, 0.3) is 10.9 Å². The van der Waals surface area contributed by atoms with Crippen LogP contribution in [-0.2, 0) is 38.4 Å². The lowest BCUT2D eigenvalue weighted by molar-refractivity contribution is -0.143. The molecule has 0 saturated carbocycles. The van der Waals surface area contributed by atoms with Gasteiger partial charge in [0.2, 0.25) is 17.7 Å². The van der Waals surface area contributed by atoms with Crippen LogP contribution < -0.4 is 16.4 Å². The number of H-pyrrole nitrogens is 1. The van der Waals surface area contributed by atoms with Gasteiger partial charge in [-0.2, -0.15) is 0 Å². The summed E-state index contributed by atoms with van der Waals surface area (Å²) in [5, 5.41) is 25.8. The van der Waals surface area contributed by atoms with E-state index in [9.17, 15) is 29.4 Å². The third kappa shape index (κ3) is 7.68. The highest BCUT2D eigenvalue weighted by atomic mass is 16.4. The molecule has 5 rings (SSSR count). The number of aromatic nitrogens is 1. The van der Waals surface area contributed by atoms with E-state index in [2.05, 4.69) is 15.6 Å². The lowest BCUT2D eigenvalue weighted by Gasteiger charge is -2.29. The number of rotatable bonds is 12. The molecule has 234 valence electrons. The first kappa shape index (κ1) is 31.3. The van der Waals surface area contributed by atoms with E-state index >= 15 is 0 Å². The zero-order chi connectivity index (χ0) is 31.9. The molecule has 7 N–H and O–H groups in total. The largest absolute Gasteiger partial charge is 0.508 e. The molecule has 45 heavy (non-hydrogen) atoms. The van der Waals surface area contributed by atoms with Gasteiger partial charge in [0.1, 0.15) is 23.9 Å². The molecule has 1 aromatic heterocycles. The molecule has 4 aromatic rings. The van der Waals surface area contributed by atoms with E-state index in [4.69, 9.17) is 5.73 Å². The minimum Gasteiger partial charge on any atom is -0.508 e. The number of hydrogen-bond donors (Lipinski definition) is 6. The van der Waals surface area contributed by atoms with Crippen molar-refractivity contribution in [2.75, 3.05) is 6.54 Å². The number of carbonyl (C=O) groups excluding carboxylic acids is 3. The van der Waals surface area contributed by atoms with E-state index < -0.39 is 42.0 Å². The van der Waals surface area contributed by atoms with Crippen LogP contribution in [-0.4, -0.2) is 74.5 Å². The van der Waals surface area contributed by atoms with Crippen molar-refractivity contribution in [2.45, 2.75) is 56.3 Å². The monoisotopic (exact) mass is 611 g/mol. The van der Waals surface area contributed by atoms with Crippen LogP contribution in [0.1, 0.15) is 29.5 Å². The predicted octanol–water partition coefficient (Wildman–Crippen LogP) is 2.27. The van der Waals surface area contributed by atoms with Gasteiger partial charge in [0.15, 0.2) is 0 Å². The number of likely N-dealkylation sites (tertiary alicyclic amines) is 1. The first-order valence-electron chi connectivity index (χ1n) is 15.0. The zero-order valence-corrected chi connectivity index (χ0v) is 24.7. The average molecular weight is 612 g/mol. The van der Waals surface area contributed by atoms with Crippen molar-refractivity contribution >= 4 is 34.6 Å². The summed E-state index contributed by atoms with van der Waals surface area (Å²) in [5.74, 6) is -2.62. The van der Waals surface area contributed by atoms with Gasteiger partial charge in [-0.25, -0.2) is 4.79 Å². The molecule has 1 aliphatic rings. The molecule has 0 bridgehead atoms. The van der Waals surface area contributed by atoms with Gasteiger partial charge in [-0.05, 0) is 54.2 Å². The number of aromatic hydroxyl groups is 1. The van der Waals surface area contributed by atoms with Gasteiger partial charge >= 0.3 is 5.97 Å². The molecule has 2 heterocycles. The van der Waals surface area contributed by atoms with Gasteiger partial charge in [-0.1, -0.05) is 60.7 Å². The summed E-state index contributed by atoms with van der Waals surface area (Å²) in [4.78, 5) is 57.5. The molecule has 1 aliphatic heterocycles. The van der Waals surface area contributed by atoms with Crippen molar-refractivity contribution in [3.8, 4) is 5.75 Å². The molecule has 3 amide bonds. The Hall–Kier alpha value is -5.16. The number of amides is 3. The fraction of sp³-hybridized carbons (Fsp3) is 0.294. The number of aliphatic carboxylic acids is 1. The van der Waals surface area contributed by atoms with E-state index in [-0.39, 0.29) is 30.9 Å². The number of phenols is 1. The maximum Gasteiger partial charge on any atom is 0.326 e. The van der Waals surface area contributed by atoms with Gasteiger partial charge in [0.05, 0.1) is 6.04 Å². The van der Waals surface area contributed by atoms with Crippen molar-refractivity contribution in [1.29, 1.82) is 0 Å². The summed E-state index contributed by atoms with van der Waals surface area (Å²) in [6.07, 6.45) is 3.15. The number of hydrogen-bond acceptors (Lipinski definition) is 6. The van der Waals surface area contributed by atoms with E-state index in [0.29, 0.717) is 19.4 Å². The molecule has 0 aliphatic carbocycles. The maximum atomic E-state index is 13.7.